The predicted octanol–water partition coefficient (Wildman–Crippen LogP) is 3.27. The topological polar surface area (TPSA) is 27.6 Å². The summed E-state index contributed by atoms with van der Waals surface area (Å²) in [5, 5.41) is 3.33. The van der Waals surface area contributed by atoms with E-state index in [4.69, 9.17) is 0 Å². The largest absolute Gasteiger partial charge is 0.356 e. The first-order valence-electron chi connectivity index (χ1n) is 6.29. The van der Waals surface area contributed by atoms with Gasteiger partial charge in [0.2, 0.25) is 0 Å². The van der Waals surface area contributed by atoms with E-state index in [1.165, 1.54) is 19.3 Å². The normalized spacial score (nSPS) is 10.6. The van der Waals surface area contributed by atoms with Gasteiger partial charge in [0.05, 0.1) is 0 Å². The second-order valence-electron chi connectivity index (χ2n) is 4.03. The molecule has 17 heavy (non-hydrogen) atoms. The van der Waals surface area contributed by atoms with Crippen LogP contribution in [-0.4, -0.2) is 38.0 Å². The van der Waals surface area contributed by atoms with E-state index >= 15 is 0 Å². The molecule has 0 bridgehead atoms. The van der Waals surface area contributed by atoms with E-state index in [1.54, 1.807) is 0 Å². The molecule has 0 aliphatic rings. The maximum Gasteiger partial charge on any atom is 0.193 e. The summed E-state index contributed by atoms with van der Waals surface area (Å²) in [7, 11) is 3.94. The summed E-state index contributed by atoms with van der Waals surface area (Å²) in [6.07, 6.45) is 7.99. The molecular weight excluding hydrogens is 325 g/mol. The number of nitrogens with one attached hydrogen (secondary N) is 1. The van der Waals surface area contributed by atoms with Crippen LogP contribution in [0.15, 0.2) is 17.6 Å². The fourth-order valence-corrected chi connectivity index (χ4v) is 1.54. The predicted molar refractivity (Wildman–Crippen MR) is 88.4 cm³/mol. The van der Waals surface area contributed by atoms with E-state index in [1.807, 2.05) is 13.1 Å². The molecule has 0 atom stereocenters. The molecule has 0 fully saturated rings. The van der Waals surface area contributed by atoms with Crippen LogP contribution in [-0.2, 0) is 0 Å². The summed E-state index contributed by atoms with van der Waals surface area (Å²) < 4.78 is 0. The van der Waals surface area contributed by atoms with Gasteiger partial charge in [0.25, 0.3) is 0 Å². The van der Waals surface area contributed by atoms with Gasteiger partial charge in [-0.15, -0.1) is 30.6 Å². The van der Waals surface area contributed by atoms with Gasteiger partial charge in [-0.25, -0.2) is 0 Å². The van der Waals surface area contributed by atoms with Crippen molar-refractivity contribution in [2.45, 2.75) is 39.0 Å². The average molecular weight is 353 g/mol. The summed E-state index contributed by atoms with van der Waals surface area (Å²) in [6.45, 7) is 7.95. The molecule has 0 radical (unpaired) electrons. The Balaban J connectivity index is 0. The second-order valence-corrected chi connectivity index (χ2v) is 4.03. The Bertz CT molecular complexity index is 205. The number of hydrogen-bond donors (Lipinski definition) is 1. The highest BCUT2D eigenvalue weighted by Crippen LogP contribution is 2.01. The molecule has 4 heteroatoms. The van der Waals surface area contributed by atoms with E-state index in [9.17, 15) is 0 Å². The van der Waals surface area contributed by atoms with Crippen molar-refractivity contribution in [3.05, 3.63) is 12.7 Å². The quantitative estimate of drug-likeness (QED) is 0.238. The Kier molecular flexibility index (Phi) is 15.5. The van der Waals surface area contributed by atoms with Crippen molar-refractivity contribution in [3.8, 4) is 0 Å². The number of rotatable bonds is 8. The van der Waals surface area contributed by atoms with E-state index < -0.39 is 0 Å². The third-order valence-electron chi connectivity index (χ3n) is 2.51. The molecule has 0 aromatic heterocycles. The number of nitrogens with zero attached hydrogens (tertiary/aromatic N) is 2. The highest BCUT2D eigenvalue weighted by atomic mass is 127. The van der Waals surface area contributed by atoms with Crippen molar-refractivity contribution < 1.29 is 0 Å². The van der Waals surface area contributed by atoms with Gasteiger partial charge in [-0.1, -0.05) is 19.4 Å². The van der Waals surface area contributed by atoms with Crippen LogP contribution >= 0.6 is 24.0 Å². The number of guanidine groups is 1. The smallest absolute Gasteiger partial charge is 0.193 e. The first-order chi connectivity index (χ1) is 7.76. The van der Waals surface area contributed by atoms with Crippen molar-refractivity contribution in [2.24, 2.45) is 4.99 Å². The lowest BCUT2D eigenvalue weighted by atomic mass is 10.2. The van der Waals surface area contributed by atoms with Crippen molar-refractivity contribution in [1.29, 1.82) is 0 Å². The van der Waals surface area contributed by atoms with Gasteiger partial charge >= 0.3 is 0 Å². The number of allylic oxidation sites excluding steroid dienone is 1. The van der Waals surface area contributed by atoms with Gasteiger partial charge in [-0.05, 0) is 25.7 Å². The van der Waals surface area contributed by atoms with Crippen molar-refractivity contribution in [2.75, 3.05) is 27.2 Å². The fourth-order valence-electron chi connectivity index (χ4n) is 1.54. The Morgan fingerprint density at radius 1 is 1.35 bits per heavy atom. The lowest BCUT2D eigenvalue weighted by Gasteiger charge is -2.21. The van der Waals surface area contributed by atoms with Crippen LogP contribution in [0.25, 0.3) is 0 Å². The fraction of sp³-hybridized carbons (Fsp3) is 0.769. The number of unbranched alkanes of at least 4 members (excludes halogenated alkanes) is 3. The summed E-state index contributed by atoms with van der Waals surface area (Å²) in [4.78, 5) is 6.45. The zero-order valence-corrected chi connectivity index (χ0v) is 13.9. The van der Waals surface area contributed by atoms with Crippen LogP contribution in [0.4, 0.5) is 0 Å². The zero-order chi connectivity index (χ0) is 12.2. The minimum Gasteiger partial charge on any atom is -0.356 e. The molecule has 0 aliphatic heterocycles. The van der Waals surface area contributed by atoms with Crippen molar-refractivity contribution in [3.63, 3.8) is 0 Å². The van der Waals surface area contributed by atoms with Crippen molar-refractivity contribution in [1.82, 2.24) is 10.2 Å². The SMILES string of the molecule is C=CCCCCCN(C)C(=NC)NCCC.I. The third kappa shape index (κ3) is 10.6. The molecule has 1 N–H and O–H groups in total. The van der Waals surface area contributed by atoms with Crippen LogP contribution in [0, 0.1) is 0 Å². The highest BCUT2D eigenvalue weighted by molar-refractivity contribution is 14.0. The molecule has 0 rings (SSSR count). The first kappa shape index (κ1) is 19.1. The molecule has 0 saturated carbocycles. The Morgan fingerprint density at radius 2 is 2.06 bits per heavy atom. The highest BCUT2D eigenvalue weighted by Gasteiger charge is 2.03. The summed E-state index contributed by atoms with van der Waals surface area (Å²) in [5.41, 5.74) is 0. The minimum atomic E-state index is 0. The van der Waals surface area contributed by atoms with E-state index in [0.717, 1.165) is 31.9 Å². The number of halogens is 1. The maximum atomic E-state index is 4.26. The van der Waals surface area contributed by atoms with Crippen LogP contribution in [0.3, 0.4) is 0 Å². The lowest BCUT2D eigenvalue weighted by molar-refractivity contribution is 0.455. The Labute approximate surface area is 124 Å². The Hall–Kier alpha value is -0.260. The molecule has 0 amide bonds. The first-order valence-corrected chi connectivity index (χ1v) is 6.29. The van der Waals surface area contributed by atoms with E-state index in [2.05, 4.69) is 35.8 Å². The molecular formula is C13H28IN3. The maximum absolute atomic E-state index is 4.26. The van der Waals surface area contributed by atoms with Gasteiger partial charge in [0.1, 0.15) is 0 Å². The van der Waals surface area contributed by atoms with Crippen LogP contribution in [0.2, 0.25) is 0 Å². The standard InChI is InChI=1S/C13H27N3.HI/c1-5-7-8-9-10-12-16(4)13(14-3)15-11-6-2;/h5H,1,6-12H2,2-4H3,(H,14,15);1H. The van der Waals surface area contributed by atoms with Gasteiger partial charge in [-0.3, -0.25) is 4.99 Å². The molecule has 0 aliphatic carbocycles. The summed E-state index contributed by atoms with van der Waals surface area (Å²) in [5.74, 6) is 1.01. The van der Waals surface area contributed by atoms with Gasteiger partial charge in [0.15, 0.2) is 5.96 Å². The molecule has 0 aromatic carbocycles. The average Bonchev–Trinajstić information content (AvgIpc) is 2.30. The molecule has 0 unspecified atom stereocenters. The van der Waals surface area contributed by atoms with Gasteiger partial charge < -0.3 is 10.2 Å². The second kappa shape index (κ2) is 13.8. The third-order valence-corrected chi connectivity index (χ3v) is 2.51. The molecule has 0 spiro atoms. The monoisotopic (exact) mass is 353 g/mol. The Morgan fingerprint density at radius 3 is 2.59 bits per heavy atom. The molecule has 3 nitrogen and oxygen atoms in total. The number of aliphatic imine (C=N–C) groups is 1. The lowest BCUT2D eigenvalue weighted by Crippen LogP contribution is -2.39. The zero-order valence-electron chi connectivity index (χ0n) is 11.5. The van der Waals surface area contributed by atoms with Crippen LogP contribution in [0.1, 0.15) is 39.0 Å². The van der Waals surface area contributed by atoms with Gasteiger partial charge in [0, 0.05) is 27.2 Å². The molecule has 0 saturated heterocycles. The molecule has 0 aromatic rings. The summed E-state index contributed by atoms with van der Waals surface area (Å²) in [6, 6.07) is 0. The van der Waals surface area contributed by atoms with E-state index in [-0.39, 0.29) is 24.0 Å². The summed E-state index contributed by atoms with van der Waals surface area (Å²) >= 11 is 0. The van der Waals surface area contributed by atoms with Crippen molar-refractivity contribution >= 4 is 29.9 Å². The number of hydrogen-bond acceptors (Lipinski definition) is 1. The minimum absolute atomic E-state index is 0. The molecule has 102 valence electrons. The van der Waals surface area contributed by atoms with Crippen LogP contribution < -0.4 is 5.32 Å². The van der Waals surface area contributed by atoms with E-state index in [0.29, 0.717) is 0 Å². The molecule has 0 heterocycles. The van der Waals surface area contributed by atoms with Crippen LogP contribution in [0.5, 0.6) is 0 Å². The van der Waals surface area contributed by atoms with Gasteiger partial charge in [-0.2, -0.15) is 0 Å².